The molecule has 1 rings (SSSR count). The summed E-state index contributed by atoms with van der Waals surface area (Å²) < 4.78 is 0. The van der Waals surface area contributed by atoms with Crippen molar-refractivity contribution in [2.24, 2.45) is 17.8 Å². The van der Waals surface area contributed by atoms with E-state index >= 15 is 0 Å². The Morgan fingerprint density at radius 3 is 1.21 bits per heavy atom. The predicted octanol–water partition coefficient (Wildman–Crippen LogP) is 4.83. The molecule has 1 aliphatic rings. The van der Waals surface area contributed by atoms with Gasteiger partial charge in [0.2, 0.25) is 0 Å². The third-order valence-corrected chi connectivity index (χ3v) is 3.57. The van der Waals surface area contributed by atoms with Crippen molar-refractivity contribution < 1.29 is 0 Å². The summed E-state index contributed by atoms with van der Waals surface area (Å²) in [4.78, 5) is 0. The second kappa shape index (κ2) is 5.38. The topological polar surface area (TPSA) is 0 Å². The van der Waals surface area contributed by atoms with Crippen molar-refractivity contribution in [2.75, 3.05) is 0 Å². The molecule has 82 valence electrons. The highest BCUT2D eigenvalue weighted by atomic mass is 14.3. The molecular formula is C14H26. The smallest absolute Gasteiger partial charge is 0.0200 e. The fraction of sp³-hybridized carbons (Fsp3) is 0.714. The Bertz CT molecular complexity index is 210. The summed E-state index contributed by atoms with van der Waals surface area (Å²) in [5, 5.41) is 0. The third-order valence-electron chi connectivity index (χ3n) is 3.57. The van der Waals surface area contributed by atoms with Crippen molar-refractivity contribution in [1.82, 2.24) is 0 Å². The minimum Gasteiger partial charge on any atom is -0.100 e. The van der Waals surface area contributed by atoms with Crippen molar-refractivity contribution in [3.05, 3.63) is 23.3 Å². The number of rotatable bonds is 0. The third kappa shape index (κ3) is 3.32. The molecule has 0 spiro atoms. The van der Waals surface area contributed by atoms with Gasteiger partial charge in [0.15, 0.2) is 0 Å². The normalized spacial score (nSPS) is 31.2. The van der Waals surface area contributed by atoms with Gasteiger partial charge < -0.3 is 0 Å². The van der Waals surface area contributed by atoms with Crippen LogP contribution in [-0.2, 0) is 0 Å². The first-order valence-corrected chi connectivity index (χ1v) is 5.58. The number of allylic oxidation sites excluding steroid dienone is 3. The molecule has 0 fully saturated rings. The van der Waals surface area contributed by atoms with Gasteiger partial charge in [-0.05, 0) is 45.4 Å². The highest BCUT2D eigenvalue weighted by Crippen LogP contribution is 2.40. The molecular weight excluding hydrogens is 168 g/mol. The lowest BCUT2D eigenvalue weighted by Gasteiger charge is -2.15. The number of hydrogen-bond donors (Lipinski definition) is 0. The second-order valence-corrected chi connectivity index (χ2v) is 5.01. The van der Waals surface area contributed by atoms with Crippen molar-refractivity contribution in [2.45, 2.75) is 48.5 Å². The summed E-state index contributed by atoms with van der Waals surface area (Å²) in [7, 11) is 0. The summed E-state index contributed by atoms with van der Waals surface area (Å²) in [5.74, 6) is 2.49. The van der Waals surface area contributed by atoms with E-state index in [1.165, 1.54) is 5.57 Å². The van der Waals surface area contributed by atoms with Crippen LogP contribution in [0.1, 0.15) is 48.5 Å². The Kier molecular flexibility index (Phi) is 5.18. The Balaban J connectivity index is 0.000000364. The van der Waals surface area contributed by atoms with Gasteiger partial charge in [-0.25, -0.2) is 0 Å². The van der Waals surface area contributed by atoms with E-state index in [2.05, 4.69) is 41.2 Å². The molecule has 2 atom stereocenters. The highest BCUT2D eigenvalue weighted by molar-refractivity contribution is 5.22. The zero-order valence-corrected chi connectivity index (χ0v) is 10.9. The second-order valence-electron chi connectivity index (χ2n) is 5.01. The van der Waals surface area contributed by atoms with Crippen LogP contribution in [0.3, 0.4) is 0 Å². The SMILES string of the molecule is C=C(C)C.CC1=C(C)C(C)C(C)C1C. The van der Waals surface area contributed by atoms with Crippen LogP contribution in [0.25, 0.3) is 0 Å². The van der Waals surface area contributed by atoms with Crippen molar-refractivity contribution in [3.63, 3.8) is 0 Å². The molecule has 0 saturated carbocycles. The standard InChI is InChI=1S/C10H18.C4H8/c1-6-7(2)9(4)10(5)8(6)3;1-4(2)3/h6-8H,1-5H3;1H2,2-3H3. The molecule has 0 bridgehead atoms. The molecule has 0 aromatic carbocycles. The van der Waals surface area contributed by atoms with Crippen molar-refractivity contribution in [3.8, 4) is 0 Å². The van der Waals surface area contributed by atoms with Gasteiger partial charge in [0.05, 0.1) is 0 Å². The minimum atomic E-state index is 0.815. The van der Waals surface area contributed by atoms with Gasteiger partial charge in [-0.1, -0.05) is 37.5 Å². The summed E-state index contributed by atoms with van der Waals surface area (Å²) in [5.41, 5.74) is 4.42. The summed E-state index contributed by atoms with van der Waals surface area (Å²) in [6.07, 6.45) is 0. The van der Waals surface area contributed by atoms with Gasteiger partial charge in [-0.15, -0.1) is 6.58 Å². The largest absolute Gasteiger partial charge is 0.100 e. The first-order valence-electron chi connectivity index (χ1n) is 5.58. The Hall–Kier alpha value is -0.520. The number of hydrogen-bond acceptors (Lipinski definition) is 0. The molecule has 1 aliphatic carbocycles. The van der Waals surface area contributed by atoms with Crippen molar-refractivity contribution >= 4 is 0 Å². The fourth-order valence-corrected chi connectivity index (χ4v) is 1.94. The van der Waals surface area contributed by atoms with Gasteiger partial charge in [0, 0.05) is 0 Å². The van der Waals surface area contributed by atoms with Crippen LogP contribution < -0.4 is 0 Å². The maximum absolute atomic E-state index is 3.56. The minimum absolute atomic E-state index is 0.815. The Morgan fingerprint density at radius 2 is 1.14 bits per heavy atom. The van der Waals surface area contributed by atoms with Gasteiger partial charge in [0.1, 0.15) is 0 Å². The van der Waals surface area contributed by atoms with Crippen LogP contribution in [0.2, 0.25) is 0 Å². The average Bonchev–Trinajstić information content (AvgIpc) is 2.23. The molecule has 0 aromatic heterocycles. The zero-order chi connectivity index (χ0) is 11.5. The molecule has 0 aromatic rings. The van der Waals surface area contributed by atoms with Crippen LogP contribution in [0.4, 0.5) is 0 Å². The van der Waals surface area contributed by atoms with Gasteiger partial charge in [-0.2, -0.15) is 0 Å². The van der Waals surface area contributed by atoms with Crippen LogP contribution in [0, 0.1) is 17.8 Å². The van der Waals surface area contributed by atoms with Crippen LogP contribution in [-0.4, -0.2) is 0 Å². The maximum atomic E-state index is 3.56. The van der Waals surface area contributed by atoms with Crippen LogP contribution in [0.15, 0.2) is 23.3 Å². The van der Waals surface area contributed by atoms with Crippen LogP contribution >= 0.6 is 0 Å². The van der Waals surface area contributed by atoms with E-state index < -0.39 is 0 Å². The Morgan fingerprint density at radius 1 is 0.929 bits per heavy atom. The highest BCUT2D eigenvalue weighted by Gasteiger charge is 2.29. The zero-order valence-electron chi connectivity index (χ0n) is 10.9. The van der Waals surface area contributed by atoms with Crippen molar-refractivity contribution in [1.29, 1.82) is 0 Å². The van der Waals surface area contributed by atoms with E-state index in [0.717, 1.165) is 17.8 Å². The molecule has 14 heavy (non-hydrogen) atoms. The van der Waals surface area contributed by atoms with E-state index in [1.54, 1.807) is 11.1 Å². The molecule has 0 N–H and O–H groups in total. The van der Waals surface area contributed by atoms with Gasteiger partial charge in [-0.3, -0.25) is 0 Å². The van der Waals surface area contributed by atoms with E-state index in [-0.39, 0.29) is 0 Å². The first kappa shape index (κ1) is 13.5. The quantitative estimate of drug-likeness (QED) is 0.485. The van der Waals surface area contributed by atoms with E-state index in [1.807, 2.05) is 13.8 Å². The summed E-state index contributed by atoms with van der Waals surface area (Å²) in [6, 6.07) is 0. The molecule has 0 heteroatoms. The lowest BCUT2D eigenvalue weighted by molar-refractivity contribution is 0.390. The summed E-state index contributed by atoms with van der Waals surface area (Å²) in [6.45, 7) is 19.1. The molecule has 0 nitrogen and oxygen atoms in total. The first-order chi connectivity index (χ1) is 6.29. The molecule has 0 radical (unpaired) electrons. The van der Waals surface area contributed by atoms with E-state index in [4.69, 9.17) is 0 Å². The average molecular weight is 194 g/mol. The fourth-order valence-electron chi connectivity index (χ4n) is 1.94. The van der Waals surface area contributed by atoms with Gasteiger partial charge >= 0.3 is 0 Å². The monoisotopic (exact) mass is 194 g/mol. The van der Waals surface area contributed by atoms with Crippen LogP contribution in [0.5, 0.6) is 0 Å². The maximum Gasteiger partial charge on any atom is -0.0200 e. The summed E-state index contributed by atoms with van der Waals surface area (Å²) >= 11 is 0. The van der Waals surface area contributed by atoms with E-state index in [9.17, 15) is 0 Å². The molecule has 2 unspecified atom stereocenters. The Labute approximate surface area is 90.1 Å². The molecule has 0 aliphatic heterocycles. The lowest BCUT2D eigenvalue weighted by Crippen LogP contribution is -2.08. The lowest BCUT2D eigenvalue weighted by atomic mass is 9.90. The predicted molar refractivity (Wildman–Crippen MR) is 66.4 cm³/mol. The molecule has 0 heterocycles. The molecule has 0 amide bonds. The molecule has 0 saturated heterocycles. The van der Waals surface area contributed by atoms with E-state index in [0.29, 0.717) is 0 Å². The van der Waals surface area contributed by atoms with Gasteiger partial charge in [0.25, 0.3) is 0 Å².